The van der Waals surface area contributed by atoms with Gasteiger partial charge in [-0.05, 0) is 101 Å². The Bertz CT molecular complexity index is 3010. The molecule has 4 nitrogen and oxygen atoms in total. The number of rotatable bonds is 6. The second-order valence-electron chi connectivity index (χ2n) is 16.0. The summed E-state index contributed by atoms with van der Waals surface area (Å²) in [7, 11) is 0. The first kappa shape index (κ1) is 35.7. The van der Waals surface area contributed by atoms with Gasteiger partial charge in [0.05, 0.1) is 0 Å². The van der Waals surface area contributed by atoms with Crippen LogP contribution in [0.4, 0.5) is 34.1 Å². The maximum atomic E-state index is 6.65. The molecule has 0 spiro atoms. The normalized spacial score (nSPS) is 13.5. The first-order valence-electron chi connectivity index (χ1n) is 21.0. The molecule has 0 unspecified atom stereocenters. The van der Waals surface area contributed by atoms with E-state index in [-0.39, 0.29) is 13.4 Å². The van der Waals surface area contributed by atoms with Crippen LogP contribution in [0.1, 0.15) is 0 Å². The Labute approximate surface area is 370 Å². The molecule has 4 aliphatic rings. The molecule has 0 bridgehead atoms. The second kappa shape index (κ2) is 14.3. The predicted octanol–water partition coefficient (Wildman–Crippen LogP) is 10.8. The number of fused-ring (bicyclic) bond motifs is 8. The molecule has 0 radical (unpaired) electrons. The third kappa shape index (κ3) is 5.67. The summed E-state index contributed by atoms with van der Waals surface area (Å²) in [6.45, 7) is 0.0475. The summed E-state index contributed by atoms with van der Waals surface area (Å²) in [4.78, 5) is 9.82. The van der Waals surface area contributed by atoms with E-state index in [1.54, 1.807) is 0 Å². The van der Waals surface area contributed by atoms with E-state index in [4.69, 9.17) is 9.47 Å². The van der Waals surface area contributed by atoms with Gasteiger partial charge in [-0.15, -0.1) is 0 Å². The largest absolute Gasteiger partial charge is 0.457 e. The highest BCUT2D eigenvalue weighted by Crippen LogP contribution is 2.47. The van der Waals surface area contributed by atoms with E-state index in [0.717, 1.165) is 45.7 Å². The maximum Gasteiger partial charge on any atom is 0.249 e. The Morgan fingerprint density at radius 1 is 0.306 bits per heavy atom. The van der Waals surface area contributed by atoms with Crippen LogP contribution in [0.3, 0.4) is 0 Å². The Morgan fingerprint density at radius 2 is 0.694 bits per heavy atom. The van der Waals surface area contributed by atoms with Crippen LogP contribution < -0.4 is 52.1 Å². The van der Waals surface area contributed by atoms with E-state index in [1.165, 1.54) is 63.7 Å². The molecule has 8 heteroatoms. The molecule has 290 valence electrons. The van der Waals surface area contributed by atoms with Crippen molar-refractivity contribution in [2.45, 2.75) is 19.6 Å². The van der Waals surface area contributed by atoms with E-state index in [1.807, 2.05) is 84.2 Å². The van der Waals surface area contributed by atoms with Gasteiger partial charge in [0.2, 0.25) is 13.4 Å². The van der Waals surface area contributed by atoms with Crippen LogP contribution >= 0.6 is 23.5 Å². The predicted molar refractivity (Wildman–Crippen MR) is 259 cm³/mol. The van der Waals surface area contributed by atoms with Crippen LogP contribution in [0, 0.1) is 0 Å². The summed E-state index contributed by atoms with van der Waals surface area (Å²) in [6, 6.07) is 73.7. The minimum atomic E-state index is 0.0238. The van der Waals surface area contributed by atoms with E-state index >= 15 is 0 Å². The SMILES string of the molecule is c1ccc(Oc2cc3c4c(c2)N(c2ccccc2)c2ccccc2B4c2cc4c(cc2S3)Sc2cc(Oc3ccccc3)cc3c2B4c2ccccc2N3c2ccccc2)cc1. The van der Waals surface area contributed by atoms with Gasteiger partial charge in [-0.3, -0.25) is 0 Å². The zero-order valence-corrected chi connectivity index (χ0v) is 34.9. The summed E-state index contributed by atoms with van der Waals surface area (Å²) in [6.07, 6.45) is 0. The third-order valence-corrected chi connectivity index (χ3v) is 14.7. The number of hydrogen-bond acceptors (Lipinski definition) is 6. The molecule has 0 aliphatic carbocycles. The van der Waals surface area contributed by atoms with Gasteiger partial charge in [0.1, 0.15) is 23.0 Å². The van der Waals surface area contributed by atoms with Crippen molar-refractivity contribution in [1.29, 1.82) is 0 Å². The number of ether oxygens (including phenoxy) is 2. The molecule has 0 amide bonds. The average molecular weight is 829 g/mol. The van der Waals surface area contributed by atoms with Gasteiger partial charge in [-0.2, -0.15) is 0 Å². The molecule has 4 heterocycles. The number of benzene rings is 9. The van der Waals surface area contributed by atoms with Crippen LogP contribution in [-0.2, 0) is 0 Å². The molecular weight excluding hydrogens is 794 g/mol. The number of para-hydroxylation sites is 6. The lowest BCUT2D eigenvalue weighted by molar-refractivity contribution is 0.481. The highest BCUT2D eigenvalue weighted by molar-refractivity contribution is 8.01. The lowest BCUT2D eigenvalue weighted by Crippen LogP contribution is -2.63. The lowest BCUT2D eigenvalue weighted by Gasteiger charge is -2.42. The fourth-order valence-corrected chi connectivity index (χ4v) is 12.4. The van der Waals surface area contributed by atoms with Crippen molar-refractivity contribution in [3.8, 4) is 23.0 Å². The Kier molecular flexibility index (Phi) is 8.24. The van der Waals surface area contributed by atoms with Crippen molar-refractivity contribution in [3.05, 3.63) is 206 Å². The fourth-order valence-electron chi connectivity index (χ4n) is 9.92. The third-order valence-electron chi connectivity index (χ3n) is 12.4. The van der Waals surface area contributed by atoms with Gasteiger partial charge in [0.25, 0.3) is 0 Å². The maximum absolute atomic E-state index is 6.65. The Morgan fingerprint density at radius 3 is 1.13 bits per heavy atom. The molecule has 62 heavy (non-hydrogen) atoms. The van der Waals surface area contributed by atoms with Crippen LogP contribution in [0.5, 0.6) is 23.0 Å². The molecule has 4 aliphatic heterocycles. The van der Waals surface area contributed by atoms with Crippen LogP contribution in [0.2, 0.25) is 0 Å². The molecule has 13 rings (SSSR count). The van der Waals surface area contributed by atoms with Crippen molar-refractivity contribution in [3.63, 3.8) is 0 Å². The Hall–Kier alpha value is -6.99. The van der Waals surface area contributed by atoms with Crippen LogP contribution in [0.25, 0.3) is 0 Å². The van der Waals surface area contributed by atoms with Gasteiger partial charge >= 0.3 is 0 Å². The molecule has 9 aromatic rings. The van der Waals surface area contributed by atoms with Gasteiger partial charge < -0.3 is 19.3 Å². The van der Waals surface area contributed by atoms with E-state index in [9.17, 15) is 0 Å². The van der Waals surface area contributed by atoms with Crippen LogP contribution in [0.15, 0.2) is 226 Å². The van der Waals surface area contributed by atoms with Crippen LogP contribution in [-0.4, -0.2) is 13.4 Å². The molecule has 0 N–H and O–H groups in total. The molecule has 0 atom stereocenters. The highest BCUT2D eigenvalue weighted by atomic mass is 32.2. The zero-order valence-electron chi connectivity index (χ0n) is 33.3. The van der Waals surface area contributed by atoms with Crippen molar-refractivity contribution in [2.75, 3.05) is 9.80 Å². The number of nitrogens with zero attached hydrogens (tertiary/aromatic N) is 2. The van der Waals surface area contributed by atoms with Gasteiger partial charge in [-0.1, -0.05) is 150 Å². The average Bonchev–Trinajstić information content (AvgIpc) is 3.32. The summed E-state index contributed by atoms with van der Waals surface area (Å²) < 4.78 is 13.3. The first-order valence-corrected chi connectivity index (χ1v) is 22.6. The second-order valence-corrected chi connectivity index (χ2v) is 18.2. The minimum Gasteiger partial charge on any atom is -0.457 e. The van der Waals surface area contributed by atoms with Gasteiger partial charge in [-0.25, -0.2) is 0 Å². The first-order chi connectivity index (χ1) is 30.7. The summed E-state index contributed by atoms with van der Waals surface area (Å²) in [5.41, 5.74) is 14.8. The standard InChI is InChI=1S/C54H34B2N2O2S2/c1-5-17-35(18-6-1)57-45-27-15-13-25-41(45)55-43-33-44-50(34-49(43)61-51-31-39(29-47(57)53(51)55)59-37-21-9-3-10-22-37)62-52-32-40(60-38-23-11-4-12-24-38)30-48-54(52)56(44)42-26-14-16-28-46(42)58(48)36-19-7-2-8-20-36/h1-34H. The summed E-state index contributed by atoms with van der Waals surface area (Å²) >= 11 is 3.72. The van der Waals surface area contributed by atoms with E-state index < -0.39 is 0 Å². The number of hydrogen-bond donors (Lipinski definition) is 0. The molecule has 9 aromatic carbocycles. The van der Waals surface area contributed by atoms with Crippen molar-refractivity contribution in [1.82, 2.24) is 0 Å². The van der Waals surface area contributed by atoms with E-state index in [0.29, 0.717) is 0 Å². The molecule has 0 saturated heterocycles. The fraction of sp³-hybridized carbons (Fsp3) is 0. The topological polar surface area (TPSA) is 24.9 Å². The van der Waals surface area contributed by atoms with Crippen molar-refractivity contribution in [2.24, 2.45) is 0 Å². The monoisotopic (exact) mass is 828 g/mol. The molecular formula is C54H34B2N2O2S2. The highest BCUT2D eigenvalue weighted by Gasteiger charge is 2.45. The molecule has 0 aromatic heterocycles. The summed E-state index contributed by atoms with van der Waals surface area (Å²) in [5.74, 6) is 3.28. The molecule has 0 fully saturated rings. The van der Waals surface area contributed by atoms with Crippen molar-refractivity contribution >= 4 is 104 Å². The minimum absolute atomic E-state index is 0.0238. The van der Waals surface area contributed by atoms with Crippen molar-refractivity contribution < 1.29 is 9.47 Å². The molecule has 0 saturated carbocycles. The zero-order chi connectivity index (χ0) is 40.7. The summed E-state index contributed by atoms with van der Waals surface area (Å²) in [5, 5.41) is 0. The Balaban J connectivity index is 1.03. The van der Waals surface area contributed by atoms with Gasteiger partial charge in [0.15, 0.2) is 0 Å². The lowest BCUT2D eigenvalue weighted by atomic mass is 9.32. The quantitative estimate of drug-likeness (QED) is 0.155. The van der Waals surface area contributed by atoms with E-state index in [2.05, 4.69) is 155 Å². The van der Waals surface area contributed by atoms with Gasteiger partial charge in [0, 0.05) is 65.8 Å². The number of anilines is 6. The smallest absolute Gasteiger partial charge is 0.249 e.